The van der Waals surface area contributed by atoms with Crippen molar-refractivity contribution in [3.05, 3.63) is 51.8 Å². The molecule has 2 aromatic rings. The van der Waals surface area contributed by atoms with Gasteiger partial charge in [-0.05, 0) is 56.5 Å². The van der Waals surface area contributed by atoms with E-state index in [1.807, 2.05) is 0 Å². The van der Waals surface area contributed by atoms with Crippen LogP contribution >= 0.6 is 0 Å². The highest BCUT2D eigenvalue weighted by Gasteiger charge is 2.27. The Morgan fingerprint density at radius 3 is 2.48 bits per heavy atom. The predicted molar refractivity (Wildman–Crippen MR) is 113 cm³/mol. The quantitative estimate of drug-likeness (QED) is 0.509. The van der Waals surface area contributed by atoms with Crippen molar-refractivity contribution in [1.29, 1.82) is 0 Å². The molecule has 1 aliphatic rings. The minimum Gasteiger partial charge on any atom is -0.461 e. The van der Waals surface area contributed by atoms with E-state index in [0.29, 0.717) is 29.9 Å². The average Bonchev–Trinajstić information content (AvgIpc) is 3.26. The number of anilines is 1. The molecule has 1 aromatic carbocycles. The van der Waals surface area contributed by atoms with Crippen molar-refractivity contribution in [2.75, 3.05) is 30.3 Å². The first-order chi connectivity index (χ1) is 14.5. The van der Waals surface area contributed by atoms with Crippen molar-refractivity contribution in [3.8, 4) is 0 Å². The number of H-pyrrole nitrogens is 1. The number of benzene rings is 1. The van der Waals surface area contributed by atoms with Crippen molar-refractivity contribution >= 4 is 33.4 Å². The number of carbonyl (C=O) groups is 3. The molecule has 9 nitrogen and oxygen atoms in total. The van der Waals surface area contributed by atoms with E-state index >= 15 is 0 Å². The molecule has 1 aliphatic heterocycles. The molecule has 0 radical (unpaired) electrons. The fraction of sp³-hybridized carbons (Fsp3) is 0.381. The third kappa shape index (κ3) is 4.48. The van der Waals surface area contributed by atoms with Crippen LogP contribution in [-0.2, 0) is 25.9 Å². The Hall–Kier alpha value is -3.14. The maximum Gasteiger partial charge on any atom is 0.355 e. The van der Waals surface area contributed by atoms with E-state index < -0.39 is 34.4 Å². The summed E-state index contributed by atoms with van der Waals surface area (Å²) < 4.78 is 35.1. The first-order valence-corrected chi connectivity index (χ1v) is 11.6. The standard InChI is InChI=1S/C21H24N2O7S/c1-5-29-21(26)19-12(2)18(13(3)22-19)17(24)11-30-20(25)15-6-7-16-14(10-15)8-9-23(16)31(4,27)28/h6-7,10,22H,5,8-9,11H2,1-4H3. The van der Waals surface area contributed by atoms with Crippen LogP contribution in [-0.4, -0.2) is 57.1 Å². The molecule has 0 amide bonds. The highest BCUT2D eigenvalue weighted by atomic mass is 32.2. The second-order valence-electron chi connectivity index (χ2n) is 7.27. The minimum atomic E-state index is -3.38. The summed E-state index contributed by atoms with van der Waals surface area (Å²) in [6.07, 6.45) is 1.62. The molecule has 0 bridgehead atoms. The summed E-state index contributed by atoms with van der Waals surface area (Å²) >= 11 is 0. The van der Waals surface area contributed by atoms with Crippen LogP contribution in [0.15, 0.2) is 18.2 Å². The van der Waals surface area contributed by atoms with Crippen LogP contribution in [0.2, 0.25) is 0 Å². The van der Waals surface area contributed by atoms with E-state index in [4.69, 9.17) is 9.47 Å². The molecule has 0 saturated carbocycles. The lowest BCUT2D eigenvalue weighted by Crippen LogP contribution is -2.27. The van der Waals surface area contributed by atoms with Gasteiger partial charge in [0.05, 0.1) is 24.1 Å². The van der Waals surface area contributed by atoms with Gasteiger partial charge in [0.25, 0.3) is 0 Å². The van der Waals surface area contributed by atoms with Gasteiger partial charge in [0, 0.05) is 17.8 Å². The van der Waals surface area contributed by atoms with Gasteiger partial charge in [-0.2, -0.15) is 0 Å². The molecule has 0 unspecified atom stereocenters. The number of hydrogen-bond donors (Lipinski definition) is 1. The number of aromatic amines is 1. The molecule has 1 N–H and O–H groups in total. The highest BCUT2D eigenvalue weighted by molar-refractivity contribution is 7.92. The van der Waals surface area contributed by atoms with E-state index in [1.54, 1.807) is 32.9 Å². The SMILES string of the molecule is CCOC(=O)c1[nH]c(C)c(C(=O)COC(=O)c2ccc3c(c2)CCN3S(C)(=O)=O)c1C. The third-order valence-electron chi connectivity index (χ3n) is 5.10. The van der Waals surface area contributed by atoms with Crippen LogP contribution in [0.4, 0.5) is 5.69 Å². The van der Waals surface area contributed by atoms with E-state index in [-0.39, 0.29) is 23.4 Å². The number of nitrogens with one attached hydrogen (secondary N) is 1. The fourth-order valence-corrected chi connectivity index (χ4v) is 4.66. The Kier molecular flexibility index (Phi) is 6.21. The number of esters is 2. The lowest BCUT2D eigenvalue weighted by Gasteiger charge is -2.16. The lowest BCUT2D eigenvalue weighted by atomic mass is 10.1. The predicted octanol–water partition coefficient (Wildman–Crippen LogP) is 2.17. The second kappa shape index (κ2) is 8.54. The number of nitrogens with zero attached hydrogens (tertiary/aromatic N) is 1. The number of aryl methyl sites for hydroxylation is 1. The first-order valence-electron chi connectivity index (χ1n) is 9.71. The number of sulfonamides is 1. The summed E-state index contributed by atoms with van der Waals surface area (Å²) in [6.45, 7) is 5.00. The summed E-state index contributed by atoms with van der Waals surface area (Å²) in [5.74, 6) is -1.69. The van der Waals surface area contributed by atoms with Crippen molar-refractivity contribution in [2.45, 2.75) is 27.2 Å². The molecule has 10 heteroatoms. The molecule has 3 rings (SSSR count). The molecule has 1 aromatic heterocycles. The first kappa shape index (κ1) is 22.5. The highest BCUT2D eigenvalue weighted by Crippen LogP contribution is 2.31. The molecular formula is C21H24N2O7S. The monoisotopic (exact) mass is 448 g/mol. The molecule has 0 saturated heterocycles. The normalized spacial score (nSPS) is 13.1. The number of ketones is 1. The zero-order chi connectivity index (χ0) is 22.9. The molecule has 0 aliphatic carbocycles. The van der Waals surface area contributed by atoms with Crippen LogP contribution < -0.4 is 4.31 Å². The van der Waals surface area contributed by atoms with Gasteiger partial charge in [-0.25, -0.2) is 18.0 Å². The molecule has 166 valence electrons. The Morgan fingerprint density at radius 1 is 1.13 bits per heavy atom. The van der Waals surface area contributed by atoms with Gasteiger partial charge in [0.15, 0.2) is 6.61 Å². The van der Waals surface area contributed by atoms with Crippen molar-refractivity contribution in [2.24, 2.45) is 0 Å². The summed E-state index contributed by atoms with van der Waals surface area (Å²) in [6, 6.07) is 4.62. The summed E-state index contributed by atoms with van der Waals surface area (Å²) in [7, 11) is -3.38. The van der Waals surface area contributed by atoms with Gasteiger partial charge >= 0.3 is 11.9 Å². The van der Waals surface area contributed by atoms with Gasteiger partial charge in [-0.3, -0.25) is 9.10 Å². The molecule has 0 atom stereocenters. The van der Waals surface area contributed by atoms with Crippen molar-refractivity contribution in [3.63, 3.8) is 0 Å². The van der Waals surface area contributed by atoms with Crippen molar-refractivity contribution < 1.29 is 32.3 Å². The van der Waals surface area contributed by atoms with Gasteiger partial charge in [0.1, 0.15) is 5.69 Å². The topological polar surface area (TPSA) is 123 Å². The van der Waals surface area contributed by atoms with Gasteiger partial charge in [0.2, 0.25) is 15.8 Å². The average molecular weight is 448 g/mol. The summed E-state index contributed by atoms with van der Waals surface area (Å²) in [5, 5.41) is 0. The van der Waals surface area contributed by atoms with E-state index in [0.717, 1.165) is 11.8 Å². The molecular weight excluding hydrogens is 424 g/mol. The number of aromatic nitrogens is 1. The van der Waals surface area contributed by atoms with Crippen molar-refractivity contribution in [1.82, 2.24) is 4.98 Å². The minimum absolute atomic E-state index is 0.197. The lowest BCUT2D eigenvalue weighted by molar-refractivity contribution is 0.0473. The van der Waals surface area contributed by atoms with Gasteiger partial charge in [-0.15, -0.1) is 0 Å². The second-order valence-corrected chi connectivity index (χ2v) is 9.18. The number of carbonyl (C=O) groups excluding carboxylic acids is 3. The summed E-state index contributed by atoms with van der Waals surface area (Å²) in [5.41, 5.74) is 2.91. The maximum absolute atomic E-state index is 12.6. The van der Waals surface area contributed by atoms with Gasteiger partial charge < -0.3 is 14.5 Å². The maximum atomic E-state index is 12.6. The van der Waals surface area contributed by atoms with E-state index in [1.165, 1.54) is 10.4 Å². The number of rotatable bonds is 7. The number of ether oxygens (including phenoxy) is 2. The Balaban J connectivity index is 1.71. The Labute approximate surface area is 180 Å². The van der Waals surface area contributed by atoms with Gasteiger partial charge in [-0.1, -0.05) is 0 Å². The number of fused-ring (bicyclic) bond motifs is 1. The Morgan fingerprint density at radius 2 is 1.84 bits per heavy atom. The Bertz CT molecular complexity index is 1160. The van der Waals surface area contributed by atoms with E-state index in [9.17, 15) is 22.8 Å². The zero-order valence-electron chi connectivity index (χ0n) is 17.8. The van der Waals surface area contributed by atoms with Crippen LogP contribution in [0.1, 0.15) is 54.9 Å². The van der Waals surface area contributed by atoms with Crippen LogP contribution in [0, 0.1) is 13.8 Å². The summed E-state index contributed by atoms with van der Waals surface area (Å²) in [4.78, 5) is 39.9. The number of hydrogen-bond acceptors (Lipinski definition) is 7. The smallest absolute Gasteiger partial charge is 0.355 e. The van der Waals surface area contributed by atoms with E-state index in [2.05, 4.69) is 4.98 Å². The molecule has 0 fully saturated rings. The largest absolute Gasteiger partial charge is 0.461 e. The van der Waals surface area contributed by atoms with Crippen LogP contribution in [0.3, 0.4) is 0 Å². The zero-order valence-corrected chi connectivity index (χ0v) is 18.6. The molecule has 2 heterocycles. The third-order valence-corrected chi connectivity index (χ3v) is 6.28. The molecule has 31 heavy (non-hydrogen) atoms. The fourth-order valence-electron chi connectivity index (χ4n) is 3.71. The molecule has 0 spiro atoms. The number of Topliss-reactive ketones (excluding diaryl/α,β-unsaturated/α-hetero) is 1. The van der Waals surface area contributed by atoms with Crippen LogP contribution in [0.5, 0.6) is 0 Å². The van der Waals surface area contributed by atoms with Crippen LogP contribution in [0.25, 0.3) is 0 Å².